The molecule has 0 atom stereocenters. The fourth-order valence-electron chi connectivity index (χ4n) is 2.48. The van der Waals surface area contributed by atoms with Gasteiger partial charge in [-0.15, -0.1) is 0 Å². The van der Waals surface area contributed by atoms with Crippen molar-refractivity contribution < 1.29 is 4.79 Å². The third kappa shape index (κ3) is 2.67. The number of carbonyl (C=O) groups is 1. The molecular weight excluding hydrogens is 238 g/mol. The molecule has 1 aromatic heterocycles. The number of benzene rings is 1. The smallest absolute Gasteiger partial charge is 0.251 e. The van der Waals surface area contributed by atoms with E-state index in [0.29, 0.717) is 12.1 Å². The lowest BCUT2D eigenvalue weighted by Crippen LogP contribution is -2.24. The summed E-state index contributed by atoms with van der Waals surface area (Å²) in [5.41, 5.74) is 3.05. The quantitative estimate of drug-likeness (QED) is 0.825. The van der Waals surface area contributed by atoms with Crippen LogP contribution in [0.25, 0.3) is 10.9 Å². The molecule has 0 radical (unpaired) electrons. The van der Waals surface area contributed by atoms with Crippen molar-refractivity contribution in [2.45, 2.75) is 25.7 Å². The zero-order valence-corrected chi connectivity index (χ0v) is 10.8. The SMILES string of the molecule is O=C(NCCC1=CCCC1)c1ccc2cn[nH]c2c1. The summed E-state index contributed by atoms with van der Waals surface area (Å²) < 4.78 is 0. The average molecular weight is 255 g/mol. The lowest BCUT2D eigenvalue weighted by molar-refractivity contribution is 0.0954. The number of fused-ring (bicyclic) bond motifs is 1. The number of nitrogens with one attached hydrogen (secondary N) is 2. The molecular formula is C15H17N3O. The van der Waals surface area contributed by atoms with Crippen molar-refractivity contribution in [1.82, 2.24) is 15.5 Å². The standard InChI is InChI=1S/C15H17N3O/c19-15(16-8-7-11-3-1-2-4-11)12-5-6-13-10-17-18-14(13)9-12/h3,5-6,9-10H,1-2,4,7-8H2,(H,16,19)(H,17,18). The summed E-state index contributed by atoms with van der Waals surface area (Å²) in [5.74, 6) is -0.0184. The third-order valence-corrected chi connectivity index (χ3v) is 3.57. The van der Waals surface area contributed by atoms with Crippen molar-refractivity contribution in [3.63, 3.8) is 0 Å². The minimum Gasteiger partial charge on any atom is -0.352 e. The van der Waals surface area contributed by atoms with Crippen molar-refractivity contribution in [1.29, 1.82) is 0 Å². The van der Waals surface area contributed by atoms with Crippen molar-refractivity contribution in [2.24, 2.45) is 0 Å². The second-order valence-corrected chi connectivity index (χ2v) is 4.93. The zero-order valence-electron chi connectivity index (χ0n) is 10.8. The summed E-state index contributed by atoms with van der Waals surface area (Å²) >= 11 is 0. The molecule has 1 amide bonds. The maximum atomic E-state index is 12.0. The molecule has 4 nitrogen and oxygen atoms in total. The fraction of sp³-hybridized carbons (Fsp3) is 0.333. The summed E-state index contributed by atoms with van der Waals surface area (Å²) in [6.45, 7) is 0.714. The first-order valence-electron chi connectivity index (χ1n) is 6.72. The largest absolute Gasteiger partial charge is 0.352 e. The van der Waals surface area contributed by atoms with Gasteiger partial charge in [-0.25, -0.2) is 0 Å². The highest BCUT2D eigenvalue weighted by Gasteiger charge is 2.08. The molecule has 0 spiro atoms. The minimum atomic E-state index is -0.0184. The van der Waals surface area contributed by atoms with Crippen LogP contribution in [0.1, 0.15) is 36.0 Å². The molecule has 1 heterocycles. The van der Waals surface area contributed by atoms with E-state index < -0.39 is 0 Å². The Hall–Kier alpha value is -2.10. The number of nitrogens with zero attached hydrogens (tertiary/aromatic N) is 1. The van der Waals surface area contributed by atoms with Crippen LogP contribution in [0.5, 0.6) is 0 Å². The number of aromatic nitrogens is 2. The van der Waals surface area contributed by atoms with E-state index in [4.69, 9.17) is 0 Å². The van der Waals surface area contributed by atoms with E-state index in [2.05, 4.69) is 21.6 Å². The van der Waals surface area contributed by atoms with Crippen LogP contribution < -0.4 is 5.32 Å². The average Bonchev–Trinajstić information content (AvgIpc) is 3.08. The summed E-state index contributed by atoms with van der Waals surface area (Å²) in [5, 5.41) is 10.8. The Morgan fingerprint density at radius 3 is 3.21 bits per heavy atom. The Labute approximate surface area is 111 Å². The first-order chi connectivity index (χ1) is 9.33. The third-order valence-electron chi connectivity index (χ3n) is 3.57. The maximum Gasteiger partial charge on any atom is 0.251 e. The van der Waals surface area contributed by atoms with Gasteiger partial charge in [0.25, 0.3) is 5.91 Å². The molecule has 98 valence electrons. The maximum absolute atomic E-state index is 12.0. The molecule has 1 aliphatic rings. The number of aromatic amines is 1. The molecule has 0 saturated carbocycles. The fourth-order valence-corrected chi connectivity index (χ4v) is 2.48. The van der Waals surface area contributed by atoms with E-state index in [0.717, 1.165) is 17.3 Å². The van der Waals surface area contributed by atoms with Crippen molar-refractivity contribution in [2.75, 3.05) is 6.54 Å². The van der Waals surface area contributed by atoms with Crippen LogP contribution >= 0.6 is 0 Å². The molecule has 0 fully saturated rings. The van der Waals surface area contributed by atoms with Crippen LogP contribution in [-0.2, 0) is 0 Å². The lowest BCUT2D eigenvalue weighted by Gasteiger charge is -2.06. The molecule has 19 heavy (non-hydrogen) atoms. The van der Waals surface area contributed by atoms with E-state index in [9.17, 15) is 4.79 Å². The molecule has 1 aliphatic carbocycles. The normalized spacial score (nSPS) is 14.6. The Morgan fingerprint density at radius 2 is 2.37 bits per heavy atom. The van der Waals surface area contributed by atoms with E-state index >= 15 is 0 Å². The van der Waals surface area contributed by atoms with Gasteiger partial charge in [0.15, 0.2) is 0 Å². The van der Waals surface area contributed by atoms with E-state index in [1.807, 2.05) is 18.2 Å². The van der Waals surface area contributed by atoms with Gasteiger partial charge in [0.2, 0.25) is 0 Å². The Kier molecular flexibility index (Phi) is 3.31. The highest BCUT2D eigenvalue weighted by molar-refractivity contribution is 5.97. The lowest BCUT2D eigenvalue weighted by atomic mass is 10.1. The van der Waals surface area contributed by atoms with Gasteiger partial charge < -0.3 is 5.32 Å². The Balaban J connectivity index is 1.59. The van der Waals surface area contributed by atoms with Gasteiger partial charge in [-0.3, -0.25) is 9.89 Å². The molecule has 0 bridgehead atoms. The zero-order chi connectivity index (χ0) is 13.1. The molecule has 0 saturated heterocycles. The Bertz CT molecular complexity index is 627. The Morgan fingerprint density at radius 1 is 1.42 bits per heavy atom. The number of carbonyl (C=O) groups excluding carboxylic acids is 1. The summed E-state index contributed by atoms with van der Waals surface area (Å²) in [6, 6.07) is 5.59. The van der Waals surface area contributed by atoms with Gasteiger partial charge in [0, 0.05) is 17.5 Å². The van der Waals surface area contributed by atoms with E-state index in [1.165, 1.54) is 24.8 Å². The number of rotatable bonds is 4. The van der Waals surface area contributed by atoms with Gasteiger partial charge in [0.1, 0.15) is 0 Å². The molecule has 2 N–H and O–H groups in total. The van der Waals surface area contributed by atoms with E-state index in [-0.39, 0.29) is 5.91 Å². The number of amides is 1. The van der Waals surface area contributed by atoms with Crippen LogP contribution in [0, 0.1) is 0 Å². The first kappa shape index (κ1) is 12.0. The van der Waals surface area contributed by atoms with Gasteiger partial charge in [-0.1, -0.05) is 17.7 Å². The molecule has 4 heteroatoms. The molecule has 1 aromatic carbocycles. The predicted octanol–water partition coefficient (Wildman–Crippen LogP) is 2.79. The first-order valence-corrected chi connectivity index (χ1v) is 6.72. The second kappa shape index (κ2) is 5.26. The van der Waals surface area contributed by atoms with Crippen molar-refractivity contribution in [3.05, 3.63) is 41.6 Å². The van der Waals surface area contributed by atoms with Gasteiger partial charge in [-0.05, 0) is 37.8 Å². The minimum absolute atomic E-state index is 0.0184. The highest BCUT2D eigenvalue weighted by atomic mass is 16.1. The van der Waals surface area contributed by atoms with Crippen LogP contribution in [-0.4, -0.2) is 22.6 Å². The van der Waals surface area contributed by atoms with Gasteiger partial charge >= 0.3 is 0 Å². The molecule has 0 aliphatic heterocycles. The van der Waals surface area contributed by atoms with E-state index in [1.54, 1.807) is 6.20 Å². The van der Waals surface area contributed by atoms with Crippen molar-refractivity contribution >= 4 is 16.8 Å². The van der Waals surface area contributed by atoms with Crippen molar-refractivity contribution in [3.8, 4) is 0 Å². The summed E-state index contributed by atoms with van der Waals surface area (Å²) in [4.78, 5) is 12.0. The summed E-state index contributed by atoms with van der Waals surface area (Å²) in [6.07, 6.45) is 8.67. The number of hydrogen-bond donors (Lipinski definition) is 2. The van der Waals surface area contributed by atoms with Crippen LogP contribution in [0.15, 0.2) is 36.0 Å². The van der Waals surface area contributed by atoms with Gasteiger partial charge in [-0.2, -0.15) is 5.10 Å². The molecule has 2 aromatic rings. The topological polar surface area (TPSA) is 57.8 Å². The number of allylic oxidation sites excluding steroid dienone is 1. The number of hydrogen-bond acceptors (Lipinski definition) is 2. The monoisotopic (exact) mass is 255 g/mol. The highest BCUT2D eigenvalue weighted by Crippen LogP contribution is 2.19. The van der Waals surface area contributed by atoms with Crippen LogP contribution in [0.2, 0.25) is 0 Å². The molecule has 3 rings (SSSR count). The van der Waals surface area contributed by atoms with Crippen LogP contribution in [0.4, 0.5) is 0 Å². The second-order valence-electron chi connectivity index (χ2n) is 4.93. The van der Waals surface area contributed by atoms with Crippen LogP contribution in [0.3, 0.4) is 0 Å². The number of H-pyrrole nitrogens is 1. The molecule has 0 unspecified atom stereocenters. The predicted molar refractivity (Wildman–Crippen MR) is 75.0 cm³/mol. The van der Waals surface area contributed by atoms with Gasteiger partial charge in [0.05, 0.1) is 11.7 Å². The summed E-state index contributed by atoms with van der Waals surface area (Å²) in [7, 11) is 0.